The van der Waals surface area contributed by atoms with Crippen molar-refractivity contribution in [3.05, 3.63) is 29.3 Å². The van der Waals surface area contributed by atoms with Gasteiger partial charge in [0.1, 0.15) is 0 Å². The van der Waals surface area contributed by atoms with Crippen LogP contribution in [0.1, 0.15) is 42.6 Å². The first-order valence-corrected chi connectivity index (χ1v) is 8.06. The molecule has 0 aromatic heterocycles. The molecule has 1 aromatic carbocycles. The third kappa shape index (κ3) is 5.30. The molecule has 0 spiro atoms. The van der Waals surface area contributed by atoms with E-state index in [0.717, 1.165) is 12.8 Å². The van der Waals surface area contributed by atoms with Crippen molar-refractivity contribution in [2.75, 3.05) is 6.61 Å². The number of carbonyl (C=O) groups is 1. The first kappa shape index (κ1) is 16.7. The van der Waals surface area contributed by atoms with E-state index in [9.17, 15) is 13.2 Å². The summed E-state index contributed by atoms with van der Waals surface area (Å²) in [7, 11) is -3.83. The summed E-state index contributed by atoms with van der Waals surface area (Å²) in [5.74, 6) is 0.0315. The maximum absolute atomic E-state index is 11.9. The molecule has 112 valence electrons. The average Bonchev–Trinajstić information content (AvgIpc) is 2.32. The molecule has 0 radical (unpaired) electrons. The number of aryl methyl sites for hydroxylation is 1. The van der Waals surface area contributed by atoms with Crippen LogP contribution < -0.4 is 5.14 Å². The largest absolute Gasteiger partial charge is 0.462 e. The molecular formula is C14H21NO4S. The molecule has 6 heteroatoms. The van der Waals surface area contributed by atoms with Gasteiger partial charge in [-0.15, -0.1) is 0 Å². The fraction of sp³-hybridized carbons (Fsp3) is 0.500. The molecule has 0 aliphatic heterocycles. The van der Waals surface area contributed by atoms with Crippen LogP contribution in [0.25, 0.3) is 0 Å². The summed E-state index contributed by atoms with van der Waals surface area (Å²) in [6, 6.07) is 4.25. The first-order valence-electron chi connectivity index (χ1n) is 6.52. The molecule has 0 atom stereocenters. The van der Waals surface area contributed by atoms with Crippen LogP contribution in [0.2, 0.25) is 0 Å². The molecule has 1 rings (SSSR count). The van der Waals surface area contributed by atoms with E-state index in [-0.39, 0.29) is 10.5 Å². The molecule has 20 heavy (non-hydrogen) atoms. The van der Waals surface area contributed by atoms with Gasteiger partial charge in [0.05, 0.1) is 17.1 Å². The molecular weight excluding hydrogens is 278 g/mol. The van der Waals surface area contributed by atoms with Gasteiger partial charge in [-0.25, -0.2) is 18.4 Å². The van der Waals surface area contributed by atoms with Gasteiger partial charge in [0.2, 0.25) is 10.0 Å². The summed E-state index contributed by atoms with van der Waals surface area (Å²) >= 11 is 0. The zero-order valence-electron chi connectivity index (χ0n) is 12.0. The minimum absolute atomic E-state index is 0.0772. The molecule has 0 saturated heterocycles. The average molecular weight is 299 g/mol. The Hall–Kier alpha value is -1.40. The topological polar surface area (TPSA) is 86.5 Å². The monoisotopic (exact) mass is 299 g/mol. The number of benzene rings is 1. The molecule has 0 fully saturated rings. The number of primary sulfonamides is 1. The Kier molecular flexibility index (Phi) is 5.71. The van der Waals surface area contributed by atoms with Crippen LogP contribution in [-0.2, 0) is 14.8 Å². The molecule has 1 aromatic rings. The van der Waals surface area contributed by atoms with Gasteiger partial charge < -0.3 is 4.74 Å². The number of hydrogen-bond donors (Lipinski definition) is 1. The van der Waals surface area contributed by atoms with Gasteiger partial charge in [-0.1, -0.05) is 13.8 Å². The predicted octanol–water partition coefficient (Wildman–Crippen LogP) is 2.24. The molecule has 0 aliphatic carbocycles. The minimum atomic E-state index is -3.83. The molecule has 0 unspecified atom stereocenters. The van der Waals surface area contributed by atoms with Crippen molar-refractivity contribution in [1.82, 2.24) is 0 Å². The van der Waals surface area contributed by atoms with Crippen LogP contribution in [0, 0.1) is 12.8 Å². The van der Waals surface area contributed by atoms with Gasteiger partial charge in [-0.2, -0.15) is 0 Å². The highest BCUT2D eigenvalue weighted by Gasteiger charge is 2.14. The van der Waals surface area contributed by atoms with Crippen molar-refractivity contribution in [1.29, 1.82) is 0 Å². The lowest BCUT2D eigenvalue weighted by atomic mass is 10.1. The van der Waals surface area contributed by atoms with Gasteiger partial charge in [-0.05, 0) is 49.4 Å². The summed E-state index contributed by atoms with van der Waals surface area (Å²) < 4.78 is 27.8. The highest BCUT2D eigenvalue weighted by molar-refractivity contribution is 7.89. The molecule has 0 heterocycles. The molecule has 0 saturated carbocycles. The summed E-state index contributed by atoms with van der Waals surface area (Å²) in [6.45, 7) is 6.22. The molecule has 0 aliphatic rings. The van der Waals surface area contributed by atoms with Crippen molar-refractivity contribution in [3.8, 4) is 0 Å². The van der Waals surface area contributed by atoms with E-state index in [0.29, 0.717) is 18.1 Å². The Morgan fingerprint density at radius 3 is 2.50 bits per heavy atom. The van der Waals surface area contributed by atoms with Gasteiger partial charge in [0.25, 0.3) is 0 Å². The fourth-order valence-electron chi connectivity index (χ4n) is 1.77. The summed E-state index contributed by atoms with van der Waals surface area (Å²) in [6.07, 6.45) is 1.76. The van der Waals surface area contributed by atoms with Gasteiger partial charge in [0.15, 0.2) is 0 Å². The van der Waals surface area contributed by atoms with Crippen molar-refractivity contribution >= 4 is 16.0 Å². The Balaban J connectivity index is 2.76. The fourth-order valence-corrected chi connectivity index (χ4v) is 2.41. The normalized spacial score (nSPS) is 11.7. The van der Waals surface area contributed by atoms with E-state index in [4.69, 9.17) is 9.88 Å². The van der Waals surface area contributed by atoms with Crippen LogP contribution in [-0.4, -0.2) is 21.0 Å². The molecule has 0 bridgehead atoms. The Labute approximate surface area is 120 Å². The molecule has 0 amide bonds. The standard InChI is InChI=1S/C14H21NO4S/c1-10(2)5-4-6-19-14(16)12-7-11(3)8-13(9-12)20(15,17)18/h7-10H,4-6H2,1-3H3,(H2,15,17,18). The summed E-state index contributed by atoms with van der Waals surface area (Å²) in [5, 5.41) is 5.07. The lowest BCUT2D eigenvalue weighted by Gasteiger charge is -2.08. The third-order valence-corrected chi connectivity index (χ3v) is 3.67. The number of carbonyl (C=O) groups excluding carboxylic acids is 1. The minimum Gasteiger partial charge on any atom is -0.462 e. The number of hydrogen-bond acceptors (Lipinski definition) is 4. The maximum Gasteiger partial charge on any atom is 0.338 e. The SMILES string of the molecule is Cc1cc(C(=O)OCCCC(C)C)cc(S(N)(=O)=O)c1. The van der Waals surface area contributed by atoms with E-state index in [2.05, 4.69) is 13.8 Å². The van der Waals surface area contributed by atoms with Crippen LogP contribution in [0.4, 0.5) is 0 Å². The first-order chi connectivity index (χ1) is 9.20. The second-order valence-electron chi connectivity index (χ2n) is 5.25. The van der Waals surface area contributed by atoms with Crippen molar-refractivity contribution in [2.24, 2.45) is 11.1 Å². The zero-order chi connectivity index (χ0) is 15.3. The van der Waals surface area contributed by atoms with Crippen molar-refractivity contribution in [3.63, 3.8) is 0 Å². The van der Waals surface area contributed by atoms with E-state index in [1.165, 1.54) is 12.1 Å². The van der Waals surface area contributed by atoms with Crippen LogP contribution in [0.5, 0.6) is 0 Å². The smallest absolute Gasteiger partial charge is 0.338 e. The number of nitrogens with two attached hydrogens (primary N) is 1. The van der Waals surface area contributed by atoms with Crippen LogP contribution in [0.3, 0.4) is 0 Å². The highest BCUT2D eigenvalue weighted by atomic mass is 32.2. The second kappa shape index (κ2) is 6.85. The maximum atomic E-state index is 11.9. The zero-order valence-corrected chi connectivity index (χ0v) is 12.9. The van der Waals surface area contributed by atoms with E-state index in [1.807, 2.05) is 0 Å². The lowest BCUT2D eigenvalue weighted by molar-refractivity contribution is 0.0494. The van der Waals surface area contributed by atoms with E-state index >= 15 is 0 Å². The summed E-state index contributed by atoms with van der Waals surface area (Å²) in [4.78, 5) is 11.8. The Bertz CT molecular complexity index is 579. The Morgan fingerprint density at radius 1 is 1.30 bits per heavy atom. The van der Waals surface area contributed by atoms with Gasteiger partial charge in [-0.3, -0.25) is 0 Å². The van der Waals surface area contributed by atoms with Crippen LogP contribution >= 0.6 is 0 Å². The Morgan fingerprint density at radius 2 is 1.95 bits per heavy atom. The van der Waals surface area contributed by atoms with Crippen molar-refractivity contribution in [2.45, 2.75) is 38.5 Å². The quantitative estimate of drug-likeness (QED) is 0.644. The second-order valence-corrected chi connectivity index (χ2v) is 6.81. The number of sulfonamides is 1. The molecule has 2 N–H and O–H groups in total. The van der Waals surface area contributed by atoms with Gasteiger partial charge in [0, 0.05) is 0 Å². The van der Waals surface area contributed by atoms with Crippen LogP contribution in [0.15, 0.2) is 23.1 Å². The summed E-state index contributed by atoms with van der Waals surface area (Å²) in [5.41, 5.74) is 0.851. The van der Waals surface area contributed by atoms with E-state index in [1.54, 1.807) is 13.0 Å². The van der Waals surface area contributed by atoms with E-state index < -0.39 is 16.0 Å². The third-order valence-electron chi connectivity index (χ3n) is 2.77. The number of ether oxygens (including phenoxy) is 1. The number of esters is 1. The number of rotatable bonds is 6. The van der Waals surface area contributed by atoms with Crippen molar-refractivity contribution < 1.29 is 17.9 Å². The van der Waals surface area contributed by atoms with Gasteiger partial charge >= 0.3 is 5.97 Å². The molecule has 5 nitrogen and oxygen atoms in total. The lowest BCUT2D eigenvalue weighted by Crippen LogP contribution is -2.14. The highest BCUT2D eigenvalue weighted by Crippen LogP contribution is 2.15. The predicted molar refractivity (Wildman–Crippen MR) is 76.9 cm³/mol.